The molecule has 0 aliphatic rings. The van der Waals surface area contributed by atoms with Gasteiger partial charge >= 0.3 is 0 Å². The lowest BCUT2D eigenvalue weighted by molar-refractivity contribution is 0.0508. The molecular weight excluding hydrogens is 286 g/mol. The molecule has 0 saturated heterocycles. The van der Waals surface area contributed by atoms with Gasteiger partial charge < -0.3 is 24.3 Å². The molecule has 22 heavy (non-hydrogen) atoms. The van der Waals surface area contributed by atoms with Crippen LogP contribution < -0.4 is 9.47 Å². The number of methoxy groups -OCH3 is 2. The Morgan fingerprint density at radius 3 is 2.82 bits per heavy atom. The maximum atomic E-state index is 12.3. The minimum atomic E-state index is -0.373. The van der Waals surface area contributed by atoms with Crippen molar-refractivity contribution in [1.82, 2.24) is 4.98 Å². The van der Waals surface area contributed by atoms with Gasteiger partial charge in [0.25, 0.3) is 0 Å². The molecule has 0 spiro atoms. The lowest BCUT2D eigenvalue weighted by atomic mass is 10.1. The summed E-state index contributed by atoms with van der Waals surface area (Å²) in [4.78, 5) is 15.2. The van der Waals surface area contributed by atoms with Crippen LogP contribution in [-0.2, 0) is 4.74 Å². The van der Waals surface area contributed by atoms with E-state index in [1.807, 2.05) is 12.1 Å². The smallest absolute Gasteiger partial charge is 0.193 e. The zero-order chi connectivity index (χ0) is 15.9. The SMILES string of the molecule is COCOc1cc(O)c(C(=O)/C=C/c2ccc[nH]2)c(OC)c1. The molecular formula is C16H17NO5. The summed E-state index contributed by atoms with van der Waals surface area (Å²) in [5.74, 6) is -0.0119. The minimum Gasteiger partial charge on any atom is -0.507 e. The molecule has 0 saturated carbocycles. The van der Waals surface area contributed by atoms with Crippen molar-refractivity contribution in [3.05, 3.63) is 47.8 Å². The molecule has 0 bridgehead atoms. The molecule has 0 unspecified atom stereocenters. The number of nitrogens with one attached hydrogen (secondary N) is 1. The molecule has 0 amide bonds. The lowest BCUT2D eigenvalue weighted by Crippen LogP contribution is -2.03. The number of phenolic OH excluding ortho intramolecular Hbond substituents is 1. The highest BCUT2D eigenvalue weighted by atomic mass is 16.7. The summed E-state index contributed by atoms with van der Waals surface area (Å²) in [6.45, 7) is 0.0304. The van der Waals surface area contributed by atoms with Gasteiger partial charge in [-0.15, -0.1) is 0 Å². The molecule has 1 heterocycles. The third kappa shape index (κ3) is 3.67. The van der Waals surface area contributed by atoms with Gasteiger partial charge in [0.15, 0.2) is 12.6 Å². The Morgan fingerprint density at radius 2 is 2.18 bits per heavy atom. The van der Waals surface area contributed by atoms with Crippen LogP contribution in [0.1, 0.15) is 16.1 Å². The third-order valence-corrected chi connectivity index (χ3v) is 2.90. The van der Waals surface area contributed by atoms with E-state index in [2.05, 4.69) is 4.98 Å². The first-order valence-electron chi connectivity index (χ1n) is 6.54. The van der Waals surface area contributed by atoms with Crippen LogP contribution in [0.25, 0.3) is 6.08 Å². The summed E-state index contributed by atoms with van der Waals surface area (Å²) in [5, 5.41) is 10.1. The van der Waals surface area contributed by atoms with Gasteiger partial charge in [0.1, 0.15) is 22.8 Å². The molecule has 6 heteroatoms. The monoisotopic (exact) mass is 303 g/mol. The first-order valence-corrected chi connectivity index (χ1v) is 6.54. The van der Waals surface area contributed by atoms with E-state index < -0.39 is 0 Å². The number of H-pyrrole nitrogens is 1. The number of ether oxygens (including phenoxy) is 3. The second-order valence-corrected chi connectivity index (χ2v) is 4.39. The zero-order valence-electron chi connectivity index (χ0n) is 12.3. The Hall–Kier alpha value is -2.73. The van der Waals surface area contributed by atoms with Crippen LogP contribution in [0.5, 0.6) is 17.2 Å². The highest BCUT2D eigenvalue weighted by molar-refractivity contribution is 6.10. The predicted molar refractivity (Wildman–Crippen MR) is 81.3 cm³/mol. The van der Waals surface area contributed by atoms with Crippen molar-refractivity contribution in [3.63, 3.8) is 0 Å². The fourth-order valence-electron chi connectivity index (χ4n) is 1.89. The molecule has 0 atom stereocenters. The third-order valence-electron chi connectivity index (χ3n) is 2.90. The Kier molecular flexibility index (Phi) is 5.21. The quantitative estimate of drug-likeness (QED) is 0.467. The van der Waals surface area contributed by atoms with Crippen molar-refractivity contribution in [1.29, 1.82) is 0 Å². The first kappa shape index (κ1) is 15.7. The number of benzene rings is 1. The molecule has 116 valence electrons. The van der Waals surface area contributed by atoms with E-state index in [9.17, 15) is 9.90 Å². The number of ketones is 1. The summed E-state index contributed by atoms with van der Waals surface area (Å²) >= 11 is 0. The van der Waals surface area contributed by atoms with Gasteiger partial charge in [0.2, 0.25) is 0 Å². The van der Waals surface area contributed by atoms with E-state index in [1.54, 1.807) is 12.3 Å². The van der Waals surface area contributed by atoms with Gasteiger partial charge in [-0.3, -0.25) is 4.79 Å². The van der Waals surface area contributed by atoms with Gasteiger partial charge in [0.05, 0.1) is 7.11 Å². The van der Waals surface area contributed by atoms with E-state index in [0.29, 0.717) is 5.75 Å². The number of aromatic hydroxyl groups is 1. The molecule has 2 aromatic rings. The van der Waals surface area contributed by atoms with Crippen molar-refractivity contribution in [2.24, 2.45) is 0 Å². The van der Waals surface area contributed by atoms with Gasteiger partial charge in [0, 0.05) is 31.1 Å². The van der Waals surface area contributed by atoms with Crippen LogP contribution in [0, 0.1) is 0 Å². The van der Waals surface area contributed by atoms with Gasteiger partial charge in [-0.2, -0.15) is 0 Å². The van der Waals surface area contributed by atoms with E-state index in [1.165, 1.54) is 32.4 Å². The molecule has 0 aliphatic carbocycles. The van der Waals surface area contributed by atoms with Crippen LogP contribution in [0.15, 0.2) is 36.5 Å². The van der Waals surface area contributed by atoms with Crippen molar-refractivity contribution >= 4 is 11.9 Å². The second kappa shape index (κ2) is 7.33. The van der Waals surface area contributed by atoms with E-state index in [-0.39, 0.29) is 29.6 Å². The highest BCUT2D eigenvalue weighted by Gasteiger charge is 2.17. The number of hydrogen-bond donors (Lipinski definition) is 2. The maximum absolute atomic E-state index is 12.3. The van der Waals surface area contributed by atoms with Crippen molar-refractivity contribution in [2.75, 3.05) is 21.0 Å². The Bertz CT molecular complexity index is 661. The van der Waals surface area contributed by atoms with Gasteiger partial charge in [-0.05, 0) is 24.3 Å². The minimum absolute atomic E-state index is 0.0304. The fraction of sp³-hybridized carbons (Fsp3) is 0.188. The molecule has 0 fully saturated rings. The van der Waals surface area contributed by atoms with Gasteiger partial charge in [-0.1, -0.05) is 0 Å². The maximum Gasteiger partial charge on any atom is 0.193 e. The van der Waals surface area contributed by atoms with E-state index >= 15 is 0 Å². The molecule has 2 N–H and O–H groups in total. The molecule has 1 aromatic carbocycles. The van der Waals surface area contributed by atoms with Crippen molar-refractivity contribution < 1.29 is 24.1 Å². The van der Waals surface area contributed by atoms with Crippen molar-refractivity contribution in [3.8, 4) is 17.2 Å². The topological polar surface area (TPSA) is 80.8 Å². The summed E-state index contributed by atoms with van der Waals surface area (Å²) in [5.41, 5.74) is 0.863. The highest BCUT2D eigenvalue weighted by Crippen LogP contribution is 2.34. The normalized spacial score (nSPS) is 10.8. The molecule has 6 nitrogen and oxygen atoms in total. The van der Waals surface area contributed by atoms with Gasteiger partial charge in [-0.25, -0.2) is 0 Å². The number of aromatic amines is 1. The Balaban J connectivity index is 2.27. The van der Waals surface area contributed by atoms with Crippen LogP contribution in [-0.4, -0.2) is 36.9 Å². The number of rotatable bonds is 7. The molecule has 2 rings (SSSR count). The summed E-state index contributed by atoms with van der Waals surface area (Å²) < 4.78 is 15.2. The number of carbonyl (C=O) groups is 1. The lowest BCUT2D eigenvalue weighted by Gasteiger charge is -2.11. The predicted octanol–water partition coefficient (Wildman–Crippen LogP) is 2.61. The standard InChI is InChI=1S/C16H17NO5/c1-20-10-22-12-8-14(19)16(15(9-12)21-2)13(18)6-5-11-4-3-7-17-11/h3-9,17,19H,10H2,1-2H3/b6-5+. The number of allylic oxidation sites excluding steroid dienone is 1. The fourth-order valence-corrected chi connectivity index (χ4v) is 1.89. The van der Waals surface area contributed by atoms with Crippen molar-refractivity contribution in [2.45, 2.75) is 0 Å². The van der Waals surface area contributed by atoms with E-state index in [0.717, 1.165) is 5.69 Å². The average molecular weight is 303 g/mol. The van der Waals surface area contributed by atoms with E-state index in [4.69, 9.17) is 14.2 Å². The number of carbonyl (C=O) groups excluding carboxylic acids is 1. The molecule has 1 aromatic heterocycles. The first-order chi connectivity index (χ1) is 10.7. The number of aromatic nitrogens is 1. The summed E-state index contributed by atoms with van der Waals surface area (Å²) in [6, 6.07) is 6.51. The summed E-state index contributed by atoms with van der Waals surface area (Å²) in [6.07, 6.45) is 4.74. The molecule has 0 radical (unpaired) electrons. The average Bonchev–Trinajstić information content (AvgIpc) is 3.03. The summed E-state index contributed by atoms with van der Waals surface area (Å²) in [7, 11) is 2.90. The molecule has 0 aliphatic heterocycles. The Labute approximate surface area is 127 Å². The van der Waals surface area contributed by atoms with Crippen LogP contribution in [0.4, 0.5) is 0 Å². The van der Waals surface area contributed by atoms with Crippen LogP contribution >= 0.6 is 0 Å². The van der Waals surface area contributed by atoms with Crippen LogP contribution in [0.2, 0.25) is 0 Å². The largest absolute Gasteiger partial charge is 0.507 e. The zero-order valence-corrected chi connectivity index (χ0v) is 12.3. The number of phenols is 1. The number of hydrogen-bond acceptors (Lipinski definition) is 5. The second-order valence-electron chi connectivity index (χ2n) is 4.39. The van der Waals surface area contributed by atoms with Crippen LogP contribution in [0.3, 0.4) is 0 Å². The Morgan fingerprint density at radius 1 is 1.36 bits per heavy atom.